The van der Waals surface area contributed by atoms with Crippen molar-refractivity contribution in [3.63, 3.8) is 0 Å². The summed E-state index contributed by atoms with van der Waals surface area (Å²) >= 11 is 5.91. The zero-order valence-electron chi connectivity index (χ0n) is 12.5. The van der Waals surface area contributed by atoms with Gasteiger partial charge >= 0.3 is 5.56 Å². The maximum atomic E-state index is 11.5. The summed E-state index contributed by atoms with van der Waals surface area (Å²) in [5.74, 6) is 6.03. The minimum absolute atomic E-state index is 0.0669. The van der Waals surface area contributed by atoms with Gasteiger partial charge in [-0.15, -0.1) is 4.79 Å². The lowest BCUT2D eigenvalue weighted by Gasteiger charge is -2.13. The third kappa shape index (κ3) is 5.24. The zero-order valence-corrected chi connectivity index (χ0v) is 13.2. The van der Waals surface area contributed by atoms with Crippen LogP contribution in [0.1, 0.15) is 5.56 Å². The Balaban J connectivity index is 1.69. The lowest BCUT2D eigenvalue weighted by Crippen LogP contribution is -2.33. The fourth-order valence-electron chi connectivity index (χ4n) is 1.91. The van der Waals surface area contributed by atoms with Gasteiger partial charge in [-0.3, -0.25) is 4.79 Å². The molecule has 0 bridgehead atoms. The van der Waals surface area contributed by atoms with E-state index < -0.39 is 11.7 Å². The molecule has 1 aromatic carbocycles. The van der Waals surface area contributed by atoms with E-state index in [2.05, 4.69) is 10.4 Å². The van der Waals surface area contributed by atoms with Gasteiger partial charge < -0.3 is 21.0 Å². The zero-order chi connectivity index (χ0) is 16.7. The Morgan fingerprint density at radius 2 is 2.13 bits per heavy atom. The summed E-state index contributed by atoms with van der Waals surface area (Å²) in [5, 5.41) is 16.7. The number of halogens is 1. The Labute approximate surface area is 138 Å². The Bertz CT molecular complexity index is 678. The molecule has 1 unspecified atom stereocenters. The molecule has 0 amide bonds. The Hall–Kier alpha value is -2.09. The molecule has 23 heavy (non-hydrogen) atoms. The van der Waals surface area contributed by atoms with Crippen molar-refractivity contribution in [3.05, 3.63) is 57.5 Å². The average molecular weight is 339 g/mol. The first-order valence-corrected chi connectivity index (χ1v) is 7.54. The van der Waals surface area contributed by atoms with Crippen LogP contribution in [-0.4, -0.2) is 40.8 Å². The number of para-hydroxylation sites is 1. The second-order valence-corrected chi connectivity index (χ2v) is 5.34. The van der Waals surface area contributed by atoms with Crippen molar-refractivity contribution in [2.45, 2.75) is 12.5 Å². The number of ether oxygens (including phenoxy) is 1. The van der Waals surface area contributed by atoms with Crippen molar-refractivity contribution in [2.24, 2.45) is 0 Å². The Kier molecular flexibility index (Phi) is 6.40. The van der Waals surface area contributed by atoms with Crippen molar-refractivity contribution in [3.8, 4) is 5.75 Å². The first kappa shape index (κ1) is 17.3. The number of aliphatic hydroxyl groups is 1. The minimum Gasteiger partial charge on any atom is -0.491 e. The predicted octanol–water partition coefficient (Wildman–Crippen LogP) is 0.183. The minimum atomic E-state index is -0.638. The molecule has 0 saturated carbocycles. The normalized spacial score (nSPS) is 12.1. The molecule has 8 heteroatoms. The number of hydrogen-bond acceptors (Lipinski definition) is 6. The van der Waals surface area contributed by atoms with E-state index >= 15 is 0 Å². The Morgan fingerprint density at radius 1 is 1.39 bits per heavy atom. The van der Waals surface area contributed by atoms with Crippen LogP contribution in [-0.2, 0) is 6.42 Å². The van der Waals surface area contributed by atoms with Crippen molar-refractivity contribution in [2.75, 3.05) is 25.5 Å². The monoisotopic (exact) mass is 338 g/mol. The first-order valence-electron chi connectivity index (χ1n) is 7.16. The van der Waals surface area contributed by atoms with E-state index in [0.717, 1.165) is 0 Å². The number of aliphatic hydroxyl groups excluding tert-OH is 1. The van der Waals surface area contributed by atoms with E-state index in [9.17, 15) is 9.90 Å². The number of aromatic nitrogens is 2. The van der Waals surface area contributed by atoms with E-state index in [1.807, 2.05) is 30.3 Å². The number of nitrogens with zero attached hydrogens (tertiary/aromatic N) is 2. The van der Waals surface area contributed by atoms with Crippen LogP contribution in [0.5, 0.6) is 5.75 Å². The molecule has 0 saturated heterocycles. The predicted molar refractivity (Wildman–Crippen MR) is 88.2 cm³/mol. The standard InChI is InChI=1S/C15H19ClN4O3/c16-14-11(8-19-20(17)15(14)22)6-7-18-9-12(21)10-23-13-4-2-1-3-5-13/h1-5,8,12,18,21H,6-7,9-10,17H2. The fourth-order valence-corrected chi connectivity index (χ4v) is 2.14. The summed E-state index contributed by atoms with van der Waals surface area (Å²) in [4.78, 5) is 12.2. The first-order chi connectivity index (χ1) is 11.1. The van der Waals surface area contributed by atoms with E-state index in [1.165, 1.54) is 6.20 Å². The maximum Gasteiger partial charge on any atom is 0.304 e. The quantitative estimate of drug-likeness (QED) is 0.469. The summed E-state index contributed by atoms with van der Waals surface area (Å²) in [5.41, 5.74) is 0.0846. The molecular weight excluding hydrogens is 320 g/mol. The average Bonchev–Trinajstić information content (AvgIpc) is 2.57. The highest BCUT2D eigenvalue weighted by Crippen LogP contribution is 2.09. The molecule has 124 valence electrons. The highest BCUT2D eigenvalue weighted by Gasteiger charge is 2.08. The number of rotatable bonds is 8. The molecule has 7 nitrogen and oxygen atoms in total. The fraction of sp³-hybridized carbons (Fsp3) is 0.333. The van der Waals surface area contributed by atoms with Crippen molar-refractivity contribution in [1.82, 2.24) is 15.2 Å². The van der Waals surface area contributed by atoms with Gasteiger partial charge in [0.2, 0.25) is 0 Å². The number of hydrogen-bond donors (Lipinski definition) is 3. The van der Waals surface area contributed by atoms with Crippen LogP contribution in [0, 0.1) is 0 Å². The summed E-state index contributed by atoms with van der Waals surface area (Å²) in [6.07, 6.45) is 1.33. The third-order valence-electron chi connectivity index (χ3n) is 3.15. The van der Waals surface area contributed by atoms with E-state index in [-0.39, 0.29) is 11.6 Å². The van der Waals surface area contributed by atoms with Crippen molar-refractivity contribution >= 4 is 11.6 Å². The van der Waals surface area contributed by atoms with Gasteiger partial charge in [-0.2, -0.15) is 5.10 Å². The van der Waals surface area contributed by atoms with Crippen LogP contribution in [0.25, 0.3) is 0 Å². The molecule has 2 aromatic rings. The van der Waals surface area contributed by atoms with Crippen LogP contribution in [0.4, 0.5) is 0 Å². The molecule has 0 aliphatic carbocycles. The van der Waals surface area contributed by atoms with Gasteiger partial charge in [0.1, 0.15) is 23.5 Å². The van der Waals surface area contributed by atoms with Gasteiger partial charge in [0, 0.05) is 6.54 Å². The van der Waals surface area contributed by atoms with E-state index in [4.69, 9.17) is 22.2 Å². The lowest BCUT2D eigenvalue weighted by atomic mass is 10.2. The number of nitrogens with one attached hydrogen (secondary N) is 1. The van der Waals surface area contributed by atoms with Crippen LogP contribution < -0.4 is 21.5 Å². The molecule has 1 aromatic heterocycles. The molecule has 1 heterocycles. The highest BCUT2D eigenvalue weighted by atomic mass is 35.5. The van der Waals surface area contributed by atoms with Gasteiger partial charge in [-0.1, -0.05) is 29.8 Å². The number of benzene rings is 1. The molecule has 2 rings (SSSR count). The molecular formula is C15H19ClN4O3. The smallest absolute Gasteiger partial charge is 0.304 e. The number of nitrogen functional groups attached to an aromatic ring is 1. The lowest BCUT2D eigenvalue weighted by molar-refractivity contribution is 0.106. The Morgan fingerprint density at radius 3 is 2.87 bits per heavy atom. The molecule has 4 N–H and O–H groups in total. The van der Waals surface area contributed by atoms with Gasteiger partial charge in [0.25, 0.3) is 0 Å². The van der Waals surface area contributed by atoms with Gasteiger partial charge in [-0.25, -0.2) is 0 Å². The van der Waals surface area contributed by atoms with Crippen molar-refractivity contribution < 1.29 is 9.84 Å². The van der Waals surface area contributed by atoms with Crippen LogP contribution in [0.15, 0.2) is 41.3 Å². The van der Waals surface area contributed by atoms with Gasteiger partial charge in [0.15, 0.2) is 0 Å². The second kappa shape index (κ2) is 8.52. The topological polar surface area (TPSA) is 102 Å². The molecule has 0 aliphatic heterocycles. The van der Waals surface area contributed by atoms with Crippen LogP contribution >= 0.6 is 11.6 Å². The third-order valence-corrected chi connectivity index (χ3v) is 3.56. The maximum absolute atomic E-state index is 11.5. The molecule has 0 aliphatic rings. The highest BCUT2D eigenvalue weighted by molar-refractivity contribution is 6.31. The van der Waals surface area contributed by atoms with E-state index in [1.54, 1.807) is 0 Å². The van der Waals surface area contributed by atoms with Crippen LogP contribution in [0.3, 0.4) is 0 Å². The molecule has 0 fully saturated rings. The summed E-state index contributed by atoms with van der Waals surface area (Å²) in [7, 11) is 0. The second-order valence-electron chi connectivity index (χ2n) is 4.97. The van der Waals surface area contributed by atoms with Crippen molar-refractivity contribution in [1.29, 1.82) is 0 Å². The van der Waals surface area contributed by atoms with Gasteiger partial charge in [0.05, 0.1) is 6.20 Å². The molecule has 0 spiro atoms. The van der Waals surface area contributed by atoms with Gasteiger partial charge in [-0.05, 0) is 30.7 Å². The molecule has 0 radical (unpaired) electrons. The summed E-state index contributed by atoms with van der Waals surface area (Å²) < 4.78 is 5.45. The van der Waals surface area contributed by atoms with Crippen LogP contribution in [0.2, 0.25) is 5.02 Å². The van der Waals surface area contributed by atoms with E-state index in [0.29, 0.717) is 35.6 Å². The summed E-state index contributed by atoms with van der Waals surface area (Å²) in [6, 6.07) is 9.29. The largest absolute Gasteiger partial charge is 0.491 e. The summed E-state index contributed by atoms with van der Waals surface area (Å²) in [6.45, 7) is 1.10. The SMILES string of the molecule is Nn1ncc(CCNCC(O)COc2ccccc2)c(Cl)c1=O. The molecule has 1 atom stereocenters. The number of nitrogens with two attached hydrogens (primary N) is 1.